The smallest absolute Gasteiger partial charge is 0.320 e. The van der Waals surface area contributed by atoms with E-state index in [1.807, 2.05) is 36.2 Å². The number of aromatic nitrogens is 2. The van der Waals surface area contributed by atoms with Gasteiger partial charge in [-0.05, 0) is 92.8 Å². The van der Waals surface area contributed by atoms with Gasteiger partial charge in [-0.1, -0.05) is 6.58 Å². The predicted octanol–water partition coefficient (Wildman–Crippen LogP) is 3.40. The van der Waals surface area contributed by atoms with Crippen molar-refractivity contribution < 1.29 is 24.0 Å². The summed E-state index contributed by atoms with van der Waals surface area (Å²) in [5.41, 5.74) is 9.82. The Morgan fingerprint density at radius 3 is 2.26 bits per heavy atom. The maximum Gasteiger partial charge on any atom is 0.320 e. The van der Waals surface area contributed by atoms with Gasteiger partial charge in [0, 0.05) is 82.2 Å². The molecule has 5 fully saturated rings. The van der Waals surface area contributed by atoms with Crippen LogP contribution in [0.5, 0.6) is 0 Å². The van der Waals surface area contributed by atoms with Crippen molar-refractivity contribution >= 4 is 58.4 Å². The third-order valence-electron chi connectivity index (χ3n) is 12.9. The molecule has 5 saturated heterocycles. The number of amides is 6. The highest BCUT2D eigenvalue weighted by molar-refractivity contribution is 6.23. The molecule has 302 valence electrons. The molecule has 0 saturated carbocycles. The standard InChI is InChI=1S/C42H49N11O5/c1-25-5-12-34(39(55)45-25)53-40(56)32-11-10-30(20-33(32)41(53)57)50-17-14-26-13-16-49(22-27(26)23-50)29-8-6-28(7-9-29)46-38-36(37(43)54)44-21-35(47-38)51-15-3-4-31(24-51)52-19-18-48(2)42(52)58/h6-11,20-21,26-27,31,34H,1,3-5,12-19,22-24H2,2H3,(H2,43,54)(H,45,55)(H,46,47)/t26-,27+,31-,34?/m1/s1. The van der Waals surface area contributed by atoms with E-state index in [-0.39, 0.29) is 29.5 Å². The number of nitrogens with two attached hydrogens (primary N) is 1. The van der Waals surface area contributed by atoms with Crippen molar-refractivity contribution in [3.8, 4) is 0 Å². The summed E-state index contributed by atoms with van der Waals surface area (Å²) >= 11 is 0. The first-order valence-corrected chi connectivity index (χ1v) is 20.3. The molecule has 9 rings (SSSR count). The molecule has 7 heterocycles. The number of urea groups is 1. The SMILES string of the molecule is C=C1CCC(N2C(=O)c3ccc(N4CC[C@H]5CCN(c6ccc(Nc7nc(N8CCC[C@@H](N9CCN(C)C9=O)C8)cnc7C(N)=O)cc6)C[C@H]5C4)cc3C2=O)C(=O)N1. The average Bonchev–Trinajstić information content (AvgIpc) is 3.70. The topological polar surface area (TPSA) is 181 Å². The van der Waals surface area contributed by atoms with Crippen LogP contribution < -0.4 is 31.1 Å². The number of rotatable bonds is 8. The first-order valence-electron chi connectivity index (χ1n) is 20.3. The molecule has 3 aromatic rings. The number of benzene rings is 2. The molecule has 1 aromatic heterocycles. The second-order valence-corrected chi connectivity index (χ2v) is 16.4. The van der Waals surface area contributed by atoms with E-state index < -0.39 is 23.8 Å². The molecular formula is C42H49N11O5. The molecule has 6 aliphatic heterocycles. The Labute approximate surface area is 337 Å². The number of nitrogens with one attached hydrogen (secondary N) is 2. The molecule has 1 unspecified atom stereocenters. The summed E-state index contributed by atoms with van der Waals surface area (Å²) < 4.78 is 0. The van der Waals surface area contributed by atoms with Crippen molar-refractivity contribution in [2.75, 3.05) is 79.4 Å². The Kier molecular flexibility index (Phi) is 9.64. The molecular weight excluding hydrogens is 739 g/mol. The van der Waals surface area contributed by atoms with E-state index in [1.54, 1.807) is 17.2 Å². The van der Waals surface area contributed by atoms with Gasteiger partial charge in [0.15, 0.2) is 11.5 Å². The Bertz CT molecular complexity index is 2200. The fraction of sp³-hybridized carbons (Fsp3) is 0.452. The number of likely N-dealkylation sites (N-methyl/N-ethyl adjacent to an activating group) is 1. The molecule has 0 radical (unpaired) electrons. The molecule has 16 heteroatoms. The van der Waals surface area contributed by atoms with E-state index in [9.17, 15) is 24.0 Å². The van der Waals surface area contributed by atoms with Crippen molar-refractivity contribution in [2.24, 2.45) is 17.6 Å². The van der Waals surface area contributed by atoms with Gasteiger partial charge in [0.1, 0.15) is 11.9 Å². The van der Waals surface area contributed by atoms with Crippen molar-refractivity contribution in [3.05, 3.63) is 77.8 Å². The molecule has 6 amide bonds. The number of imide groups is 1. The lowest BCUT2D eigenvalue weighted by molar-refractivity contribution is -0.125. The number of primary amides is 1. The summed E-state index contributed by atoms with van der Waals surface area (Å²) in [7, 11) is 1.83. The maximum absolute atomic E-state index is 13.6. The predicted molar refractivity (Wildman–Crippen MR) is 218 cm³/mol. The zero-order valence-corrected chi connectivity index (χ0v) is 32.7. The number of anilines is 5. The van der Waals surface area contributed by atoms with Crippen LogP contribution in [0.25, 0.3) is 0 Å². The van der Waals surface area contributed by atoms with Gasteiger partial charge in [0.05, 0.1) is 23.4 Å². The van der Waals surface area contributed by atoms with Gasteiger partial charge < -0.3 is 40.9 Å². The lowest BCUT2D eigenvalue weighted by Gasteiger charge is -2.46. The summed E-state index contributed by atoms with van der Waals surface area (Å²) in [6, 6.07) is 12.9. The van der Waals surface area contributed by atoms with Gasteiger partial charge in [-0.2, -0.15) is 0 Å². The Morgan fingerprint density at radius 2 is 1.55 bits per heavy atom. The highest BCUT2D eigenvalue weighted by Crippen LogP contribution is 2.38. The Balaban J connectivity index is 0.852. The number of nitrogens with zero attached hydrogens (tertiary/aromatic N) is 8. The zero-order valence-electron chi connectivity index (χ0n) is 32.7. The highest BCUT2D eigenvalue weighted by atomic mass is 16.2. The quantitative estimate of drug-likeness (QED) is 0.285. The van der Waals surface area contributed by atoms with E-state index >= 15 is 0 Å². The van der Waals surface area contributed by atoms with Crippen molar-refractivity contribution in [2.45, 2.75) is 50.6 Å². The number of hydrogen-bond acceptors (Lipinski definition) is 11. The van der Waals surface area contributed by atoms with Crippen molar-refractivity contribution in [3.63, 3.8) is 0 Å². The van der Waals surface area contributed by atoms with E-state index in [2.05, 4.69) is 49.0 Å². The normalized spacial score (nSPS) is 24.9. The molecule has 4 N–H and O–H groups in total. The van der Waals surface area contributed by atoms with Gasteiger partial charge in [-0.25, -0.2) is 14.8 Å². The largest absolute Gasteiger partial charge is 0.371 e. The fourth-order valence-electron chi connectivity index (χ4n) is 9.68. The molecule has 4 atom stereocenters. The summed E-state index contributed by atoms with van der Waals surface area (Å²) in [5.74, 6) is 0.0168. The maximum atomic E-state index is 13.6. The van der Waals surface area contributed by atoms with Crippen LogP contribution in [-0.4, -0.2) is 126 Å². The minimum atomic E-state index is -0.835. The molecule has 16 nitrogen and oxygen atoms in total. The highest BCUT2D eigenvalue weighted by Gasteiger charge is 2.44. The Morgan fingerprint density at radius 1 is 0.828 bits per heavy atom. The summed E-state index contributed by atoms with van der Waals surface area (Å²) in [6.45, 7) is 10.2. The van der Waals surface area contributed by atoms with Crippen LogP contribution in [-0.2, 0) is 4.79 Å². The molecule has 0 bridgehead atoms. The van der Waals surface area contributed by atoms with Crippen LogP contribution in [0.2, 0.25) is 0 Å². The van der Waals surface area contributed by atoms with Crippen molar-refractivity contribution in [1.82, 2.24) is 30.0 Å². The third kappa shape index (κ3) is 6.83. The van der Waals surface area contributed by atoms with E-state index in [0.29, 0.717) is 60.4 Å². The number of piperidine rings is 4. The van der Waals surface area contributed by atoms with Crippen LogP contribution in [0.4, 0.5) is 33.5 Å². The molecule has 0 spiro atoms. The summed E-state index contributed by atoms with van der Waals surface area (Å²) in [6.07, 6.45) is 6.43. The van der Waals surface area contributed by atoms with Crippen molar-refractivity contribution in [1.29, 1.82) is 0 Å². The Hall–Kier alpha value is -6.19. The number of allylic oxidation sites excluding steroid dienone is 1. The minimum Gasteiger partial charge on any atom is -0.371 e. The fourth-order valence-corrected chi connectivity index (χ4v) is 9.68. The minimum absolute atomic E-state index is 0.0552. The number of fused-ring (bicyclic) bond motifs is 2. The van der Waals surface area contributed by atoms with Gasteiger partial charge in [-0.15, -0.1) is 0 Å². The van der Waals surface area contributed by atoms with E-state index in [4.69, 9.17) is 10.7 Å². The van der Waals surface area contributed by atoms with Crippen LogP contribution >= 0.6 is 0 Å². The lowest BCUT2D eigenvalue weighted by atomic mass is 9.79. The zero-order chi connectivity index (χ0) is 40.2. The van der Waals surface area contributed by atoms with E-state index in [0.717, 1.165) is 86.9 Å². The lowest BCUT2D eigenvalue weighted by Crippen LogP contribution is -2.51. The average molecular weight is 788 g/mol. The summed E-state index contributed by atoms with van der Waals surface area (Å²) in [5, 5.41) is 5.98. The molecule has 6 aliphatic rings. The van der Waals surface area contributed by atoms with Gasteiger partial charge in [-0.3, -0.25) is 24.1 Å². The third-order valence-corrected chi connectivity index (χ3v) is 12.9. The van der Waals surface area contributed by atoms with E-state index in [1.165, 1.54) is 0 Å². The number of carbonyl (C=O) groups is 5. The van der Waals surface area contributed by atoms with Crippen LogP contribution in [0.1, 0.15) is 69.7 Å². The van der Waals surface area contributed by atoms with Gasteiger partial charge >= 0.3 is 6.03 Å². The summed E-state index contributed by atoms with van der Waals surface area (Å²) in [4.78, 5) is 85.6. The first kappa shape index (κ1) is 37.4. The molecule has 0 aliphatic carbocycles. The van der Waals surface area contributed by atoms with Crippen LogP contribution in [0.15, 0.2) is 60.9 Å². The number of carbonyl (C=O) groups excluding carboxylic acids is 5. The second kappa shape index (κ2) is 15.0. The number of hydrogen-bond donors (Lipinski definition) is 3. The van der Waals surface area contributed by atoms with Gasteiger partial charge in [0.25, 0.3) is 17.7 Å². The van der Waals surface area contributed by atoms with Crippen LogP contribution in [0.3, 0.4) is 0 Å². The second-order valence-electron chi connectivity index (χ2n) is 16.4. The molecule has 58 heavy (non-hydrogen) atoms. The molecule has 2 aromatic carbocycles. The van der Waals surface area contributed by atoms with Crippen LogP contribution in [0, 0.1) is 11.8 Å². The first-order chi connectivity index (χ1) is 28.0. The van der Waals surface area contributed by atoms with Gasteiger partial charge in [0.2, 0.25) is 5.91 Å². The monoisotopic (exact) mass is 787 g/mol.